The van der Waals surface area contributed by atoms with E-state index in [1.807, 2.05) is 0 Å². The molecular formula is C4H8NS. The van der Waals surface area contributed by atoms with Gasteiger partial charge in [0, 0.05) is 12.3 Å². The van der Waals surface area contributed by atoms with Gasteiger partial charge in [0.2, 0.25) is 0 Å². The summed E-state index contributed by atoms with van der Waals surface area (Å²) in [4.78, 5) is 0. The molecule has 0 spiro atoms. The molecule has 1 rings (SSSR count). The zero-order valence-electron chi connectivity index (χ0n) is 3.68. The minimum atomic E-state index is 1.09. The highest BCUT2D eigenvalue weighted by atomic mass is 32.2. The highest BCUT2D eigenvalue weighted by Gasteiger charge is 1.96. The summed E-state index contributed by atoms with van der Waals surface area (Å²) in [6.45, 7) is 1.09. The maximum absolute atomic E-state index is 4.09. The molecule has 0 aromatic rings. The Morgan fingerprint density at radius 1 is 1.33 bits per heavy atom. The molecular weight excluding hydrogens is 94.1 g/mol. The van der Waals surface area contributed by atoms with Gasteiger partial charge in [-0.3, -0.25) is 0 Å². The average molecular weight is 102 g/mol. The molecule has 0 N–H and O–H groups in total. The molecule has 1 saturated heterocycles. The lowest BCUT2D eigenvalue weighted by molar-refractivity contribution is 0.748. The van der Waals surface area contributed by atoms with Crippen molar-refractivity contribution < 1.29 is 0 Å². The van der Waals surface area contributed by atoms with E-state index < -0.39 is 0 Å². The third-order valence-corrected chi connectivity index (χ3v) is 1.66. The quantitative estimate of drug-likeness (QED) is 0.417. The molecule has 35 valence electrons. The van der Waals surface area contributed by atoms with Gasteiger partial charge in [0.1, 0.15) is 0 Å². The first kappa shape index (κ1) is 4.47. The third kappa shape index (κ3) is 1.19. The number of nitrogens with zero attached hydrogens (tertiary/aromatic N) is 1. The second-order valence-corrected chi connectivity index (χ2v) is 2.32. The number of rotatable bonds is 0. The van der Waals surface area contributed by atoms with Crippen molar-refractivity contribution in [1.82, 2.24) is 4.72 Å². The van der Waals surface area contributed by atoms with E-state index in [1.54, 1.807) is 11.9 Å². The smallest absolute Gasteiger partial charge is 0.0256 e. The Morgan fingerprint density at radius 2 is 2.33 bits per heavy atom. The van der Waals surface area contributed by atoms with Gasteiger partial charge >= 0.3 is 0 Å². The maximum atomic E-state index is 4.09. The standard InChI is InChI=1S/C4H8NS/c1-2-4-6-5-3-1/h1-4H2. The molecule has 0 saturated carbocycles. The number of hydrogen-bond acceptors (Lipinski definition) is 1. The van der Waals surface area contributed by atoms with Crippen LogP contribution < -0.4 is 4.72 Å². The van der Waals surface area contributed by atoms with Gasteiger partial charge in [-0.05, 0) is 12.8 Å². The summed E-state index contributed by atoms with van der Waals surface area (Å²) in [5.41, 5.74) is 0. The summed E-state index contributed by atoms with van der Waals surface area (Å²) >= 11 is 1.72. The lowest BCUT2D eigenvalue weighted by atomic mass is 10.3. The molecule has 2 heteroatoms. The zero-order chi connectivity index (χ0) is 4.24. The first-order valence-electron chi connectivity index (χ1n) is 2.29. The fraction of sp³-hybridized carbons (Fsp3) is 1.00. The van der Waals surface area contributed by atoms with Crippen LogP contribution >= 0.6 is 11.9 Å². The Bertz CT molecular complexity index is 23.0. The molecule has 1 fully saturated rings. The van der Waals surface area contributed by atoms with Crippen molar-refractivity contribution in [1.29, 1.82) is 0 Å². The van der Waals surface area contributed by atoms with E-state index in [9.17, 15) is 0 Å². The molecule has 0 aliphatic carbocycles. The van der Waals surface area contributed by atoms with Crippen LogP contribution in [0.4, 0.5) is 0 Å². The predicted octanol–water partition coefficient (Wildman–Crippen LogP) is 1.03. The van der Waals surface area contributed by atoms with Crippen LogP contribution in [0, 0.1) is 0 Å². The summed E-state index contributed by atoms with van der Waals surface area (Å²) < 4.78 is 4.09. The van der Waals surface area contributed by atoms with E-state index >= 15 is 0 Å². The molecule has 6 heavy (non-hydrogen) atoms. The van der Waals surface area contributed by atoms with Crippen LogP contribution in [0.3, 0.4) is 0 Å². The molecule has 1 aliphatic rings. The maximum Gasteiger partial charge on any atom is 0.0256 e. The molecule has 1 radical (unpaired) electrons. The summed E-state index contributed by atoms with van der Waals surface area (Å²) in [7, 11) is 0. The van der Waals surface area contributed by atoms with Crippen LogP contribution in [-0.2, 0) is 0 Å². The van der Waals surface area contributed by atoms with Crippen LogP contribution in [0.1, 0.15) is 12.8 Å². The van der Waals surface area contributed by atoms with Gasteiger partial charge in [-0.15, -0.1) is 0 Å². The zero-order valence-corrected chi connectivity index (χ0v) is 4.50. The van der Waals surface area contributed by atoms with Crippen molar-refractivity contribution in [3.8, 4) is 0 Å². The van der Waals surface area contributed by atoms with E-state index in [-0.39, 0.29) is 0 Å². The lowest BCUT2D eigenvalue weighted by Crippen LogP contribution is -2.04. The molecule has 1 heterocycles. The van der Waals surface area contributed by atoms with E-state index in [4.69, 9.17) is 0 Å². The van der Waals surface area contributed by atoms with Crippen LogP contribution in [0.15, 0.2) is 0 Å². The molecule has 1 aliphatic heterocycles. The van der Waals surface area contributed by atoms with Crippen molar-refractivity contribution in [3.05, 3.63) is 0 Å². The van der Waals surface area contributed by atoms with Gasteiger partial charge < -0.3 is 0 Å². The highest BCUT2D eigenvalue weighted by molar-refractivity contribution is 7.97. The second-order valence-electron chi connectivity index (χ2n) is 1.39. The SMILES string of the molecule is C1CCS[N]C1. The monoisotopic (exact) mass is 102 g/mol. The molecule has 0 atom stereocenters. The molecule has 0 unspecified atom stereocenters. The Balaban J connectivity index is 2.00. The van der Waals surface area contributed by atoms with Crippen molar-refractivity contribution >= 4 is 11.9 Å². The Labute approximate surface area is 42.6 Å². The largest absolute Gasteiger partial charge is 0.175 e. The van der Waals surface area contributed by atoms with Crippen molar-refractivity contribution in [2.45, 2.75) is 12.8 Å². The lowest BCUT2D eigenvalue weighted by Gasteiger charge is -2.05. The van der Waals surface area contributed by atoms with Gasteiger partial charge in [-0.2, -0.15) is 4.72 Å². The summed E-state index contributed by atoms with van der Waals surface area (Å²) in [5, 5.41) is 0. The van der Waals surface area contributed by atoms with Gasteiger partial charge in [0.25, 0.3) is 0 Å². The van der Waals surface area contributed by atoms with Crippen LogP contribution in [-0.4, -0.2) is 12.3 Å². The molecule has 1 nitrogen and oxygen atoms in total. The first-order chi connectivity index (χ1) is 3.00. The first-order valence-corrected chi connectivity index (χ1v) is 3.23. The van der Waals surface area contributed by atoms with E-state index in [2.05, 4.69) is 4.72 Å². The molecule has 0 aromatic heterocycles. The normalized spacial score (nSPS) is 24.0. The molecule has 0 aromatic carbocycles. The van der Waals surface area contributed by atoms with Crippen molar-refractivity contribution in [2.75, 3.05) is 12.3 Å². The van der Waals surface area contributed by atoms with Gasteiger partial charge in [-0.1, -0.05) is 11.9 Å². The third-order valence-electron chi connectivity index (χ3n) is 0.826. The minimum Gasteiger partial charge on any atom is -0.175 e. The highest BCUT2D eigenvalue weighted by Crippen LogP contribution is 2.07. The minimum absolute atomic E-state index is 1.09. The van der Waals surface area contributed by atoms with E-state index in [0.29, 0.717) is 0 Å². The second kappa shape index (κ2) is 2.48. The van der Waals surface area contributed by atoms with E-state index in [0.717, 1.165) is 6.54 Å². The Hall–Kier alpha value is 0.310. The predicted molar refractivity (Wildman–Crippen MR) is 28.7 cm³/mol. The van der Waals surface area contributed by atoms with E-state index in [1.165, 1.54) is 18.6 Å². The Kier molecular flexibility index (Phi) is 1.85. The van der Waals surface area contributed by atoms with Crippen LogP contribution in [0.2, 0.25) is 0 Å². The summed E-state index contributed by atoms with van der Waals surface area (Å²) in [6.07, 6.45) is 2.68. The number of hydrogen-bond donors (Lipinski definition) is 0. The van der Waals surface area contributed by atoms with Crippen LogP contribution in [0.25, 0.3) is 0 Å². The average Bonchev–Trinajstić information content (AvgIpc) is 1.72. The Morgan fingerprint density at radius 3 is 2.50 bits per heavy atom. The fourth-order valence-corrected chi connectivity index (χ4v) is 1.19. The summed E-state index contributed by atoms with van der Waals surface area (Å²) in [6, 6.07) is 0. The van der Waals surface area contributed by atoms with Crippen molar-refractivity contribution in [3.63, 3.8) is 0 Å². The van der Waals surface area contributed by atoms with Gasteiger partial charge in [-0.25, -0.2) is 0 Å². The van der Waals surface area contributed by atoms with Crippen molar-refractivity contribution in [2.24, 2.45) is 0 Å². The van der Waals surface area contributed by atoms with Crippen LogP contribution in [0.5, 0.6) is 0 Å². The summed E-state index contributed by atoms with van der Waals surface area (Å²) in [5.74, 6) is 1.25. The van der Waals surface area contributed by atoms with Gasteiger partial charge in [0.15, 0.2) is 0 Å². The van der Waals surface area contributed by atoms with Gasteiger partial charge in [0.05, 0.1) is 0 Å². The molecule has 0 bridgehead atoms. The molecule has 0 amide bonds. The fourth-order valence-electron chi connectivity index (χ4n) is 0.472. The topological polar surface area (TPSA) is 14.1 Å².